The number of aromatic nitrogens is 2. The zero-order chi connectivity index (χ0) is 27.6. The molecule has 194 valence electrons. The van der Waals surface area contributed by atoms with Crippen molar-refractivity contribution in [3.63, 3.8) is 0 Å². The number of nitrogens with zero attached hydrogens (tertiary/aromatic N) is 2. The van der Waals surface area contributed by atoms with Gasteiger partial charge in [-0.05, 0) is 53.4 Å². The average molecular weight is 555 g/mol. The minimum absolute atomic E-state index is 0. The molecule has 0 aliphatic heterocycles. The third kappa shape index (κ3) is 8.01. The molecule has 0 spiro atoms. The van der Waals surface area contributed by atoms with Crippen LogP contribution in [0.1, 0.15) is 28.1 Å². The molecule has 2 heterocycles. The van der Waals surface area contributed by atoms with Gasteiger partial charge in [-0.15, -0.1) is 0 Å². The summed E-state index contributed by atoms with van der Waals surface area (Å²) in [5.74, 6) is -0.00704. The molecule has 6 aromatic rings. The number of aryl methyl sites for hydroxylation is 2. The molecule has 6 rings (SSSR count). The number of hydrogen-bond donors (Lipinski definition) is 0. The SMILES string of the molecule is Cc1ccc2cccc([O-])c2n1.Cc1ccc2cccc([O-])c2n1.[Al+3].[O-][Si]C(c1ccccc1)c1ccccc1. The minimum atomic E-state index is -0.346. The molecule has 0 N–H and O–H groups in total. The number of benzene rings is 4. The van der Waals surface area contributed by atoms with Crippen molar-refractivity contribution in [3.8, 4) is 11.5 Å². The first-order valence-corrected chi connectivity index (χ1v) is 13.5. The molecule has 2 radical (unpaired) electrons. The maximum Gasteiger partial charge on any atom is 3.00 e. The van der Waals surface area contributed by atoms with E-state index in [2.05, 4.69) is 9.97 Å². The van der Waals surface area contributed by atoms with Gasteiger partial charge in [-0.2, -0.15) is 0 Å². The van der Waals surface area contributed by atoms with Crippen molar-refractivity contribution in [3.05, 3.63) is 144 Å². The second-order valence-electron chi connectivity index (χ2n) is 8.93. The maximum absolute atomic E-state index is 11.3. The Balaban J connectivity index is 0.000000165. The second-order valence-corrected chi connectivity index (χ2v) is 9.75. The monoisotopic (exact) mass is 554 g/mol. The van der Waals surface area contributed by atoms with Gasteiger partial charge >= 0.3 is 17.4 Å². The number of hydrogen-bond acceptors (Lipinski definition) is 5. The summed E-state index contributed by atoms with van der Waals surface area (Å²) >= 11 is 0. The van der Waals surface area contributed by atoms with Crippen LogP contribution in [0.4, 0.5) is 0 Å². The predicted molar refractivity (Wildman–Crippen MR) is 158 cm³/mol. The van der Waals surface area contributed by atoms with Crippen molar-refractivity contribution < 1.29 is 15.0 Å². The molecule has 0 saturated carbocycles. The number of rotatable bonds is 3. The molecule has 0 atom stereocenters. The van der Waals surface area contributed by atoms with Crippen molar-refractivity contribution in [2.45, 2.75) is 19.4 Å². The van der Waals surface area contributed by atoms with E-state index in [4.69, 9.17) is 0 Å². The first-order chi connectivity index (χ1) is 19.0. The molecule has 2 aromatic heterocycles. The molecule has 0 aliphatic carbocycles. The Bertz CT molecular complexity index is 1530. The summed E-state index contributed by atoms with van der Waals surface area (Å²) in [7, 11) is -0.346. The van der Waals surface area contributed by atoms with E-state index < -0.39 is 0 Å². The molecule has 40 heavy (non-hydrogen) atoms. The summed E-state index contributed by atoms with van der Waals surface area (Å²) in [6, 6.07) is 37.9. The number of fused-ring (bicyclic) bond motifs is 2. The van der Waals surface area contributed by atoms with Crippen LogP contribution in [0.5, 0.6) is 11.5 Å². The Morgan fingerprint density at radius 3 is 1.30 bits per heavy atom. The molecule has 0 saturated heterocycles. The van der Waals surface area contributed by atoms with E-state index in [-0.39, 0.29) is 44.2 Å². The van der Waals surface area contributed by atoms with Crippen LogP contribution >= 0.6 is 0 Å². The fraction of sp³-hybridized carbons (Fsp3) is 0.0909. The van der Waals surface area contributed by atoms with Crippen LogP contribution in [0, 0.1) is 13.8 Å². The summed E-state index contributed by atoms with van der Waals surface area (Å²) in [4.78, 5) is 19.6. The van der Waals surface area contributed by atoms with E-state index in [0.717, 1.165) is 33.3 Å². The smallest absolute Gasteiger partial charge is 0.871 e. The minimum Gasteiger partial charge on any atom is -0.871 e. The quantitative estimate of drug-likeness (QED) is 0.298. The Labute approximate surface area is 247 Å². The van der Waals surface area contributed by atoms with Crippen molar-refractivity contribution >= 4 is 48.9 Å². The van der Waals surface area contributed by atoms with Crippen LogP contribution in [-0.2, 0) is 0 Å². The Morgan fingerprint density at radius 2 is 0.925 bits per heavy atom. The molecule has 0 unspecified atom stereocenters. The van der Waals surface area contributed by atoms with E-state index >= 15 is 0 Å². The van der Waals surface area contributed by atoms with Gasteiger partial charge in [-0.1, -0.05) is 130 Å². The van der Waals surface area contributed by atoms with E-state index in [0.29, 0.717) is 11.0 Å². The standard InChI is InChI=1S/C13H11OSi.2C10H9NO.Al/c14-15-13(11-7-3-1-4-8-11)12-9-5-2-6-10-12;2*1-7-5-6-8-3-2-4-9(12)10(8)11-7;/h1-10,13H;2*2-6,12H,1H3;/q-1;;;+3/p-2. The average Bonchev–Trinajstić information content (AvgIpc) is 2.96. The molecular weight excluding hydrogens is 527 g/mol. The van der Waals surface area contributed by atoms with Crippen molar-refractivity contribution in [2.24, 2.45) is 0 Å². The fourth-order valence-electron chi connectivity index (χ4n) is 4.05. The zero-order valence-electron chi connectivity index (χ0n) is 22.3. The summed E-state index contributed by atoms with van der Waals surface area (Å²) in [5.41, 5.74) is 5.12. The molecule has 0 fully saturated rings. The predicted octanol–water partition coefficient (Wildman–Crippen LogP) is 4.61. The van der Waals surface area contributed by atoms with Crippen LogP contribution in [0.2, 0.25) is 0 Å². The van der Waals surface area contributed by atoms with Crippen LogP contribution in [0.15, 0.2) is 121 Å². The van der Waals surface area contributed by atoms with Crippen LogP contribution in [0.25, 0.3) is 21.8 Å². The normalized spacial score (nSPS) is 10.2. The van der Waals surface area contributed by atoms with Crippen LogP contribution in [-0.4, -0.2) is 37.1 Å². The maximum atomic E-state index is 11.3. The summed E-state index contributed by atoms with van der Waals surface area (Å²) in [6.07, 6.45) is 0. The van der Waals surface area contributed by atoms with E-state index in [1.165, 1.54) is 12.1 Å². The van der Waals surface area contributed by atoms with Gasteiger partial charge in [0.05, 0.1) is 11.0 Å². The van der Waals surface area contributed by atoms with E-state index in [9.17, 15) is 15.0 Å². The summed E-state index contributed by atoms with van der Waals surface area (Å²) in [5, 5.41) is 24.4. The first-order valence-electron chi connectivity index (χ1n) is 12.5. The molecule has 0 bridgehead atoms. The van der Waals surface area contributed by atoms with Crippen molar-refractivity contribution in [2.75, 3.05) is 0 Å². The third-order valence-corrected chi connectivity index (χ3v) is 6.93. The Hall–Kier alpha value is -3.99. The van der Waals surface area contributed by atoms with Gasteiger partial charge in [0.2, 0.25) is 0 Å². The molecule has 0 aliphatic rings. The van der Waals surface area contributed by atoms with Gasteiger partial charge in [0.15, 0.2) is 0 Å². The summed E-state index contributed by atoms with van der Waals surface area (Å²) in [6.45, 7) is 3.76. The van der Waals surface area contributed by atoms with Gasteiger partial charge in [-0.25, -0.2) is 0 Å². The van der Waals surface area contributed by atoms with Crippen molar-refractivity contribution in [1.82, 2.24) is 9.97 Å². The van der Waals surface area contributed by atoms with Gasteiger partial charge in [0, 0.05) is 11.4 Å². The third-order valence-electron chi connectivity index (χ3n) is 6.03. The molecule has 7 heteroatoms. The van der Waals surface area contributed by atoms with Crippen LogP contribution in [0.3, 0.4) is 0 Å². The molecule has 4 aromatic carbocycles. The zero-order valence-corrected chi connectivity index (χ0v) is 24.5. The largest absolute Gasteiger partial charge is 3.00 e. The topological polar surface area (TPSA) is 95.0 Å². The molecular formula is C33H27AlN2O3Si. The van der Waals surface area contributed by atoms with Gasteiger partial charge in [-0.3, -0.25) is 9.97 Å². The Morgan fingerprint density at radius 1 is 0.525 bits per heavy atom. The van der Waals surface area contributed by atoms with E-state index in [1.54, 1.807) is 12.1 Å². The molecule has 0 amide bonds. The molecule has 5 nitrogen and oxygen atoms in total. The van der Waals surface area contributed by atoms with Gasteiger partial charge < -0.3 is 15.0 Å². The van der Waals surface area contributed by atoms with Crippen LogP contribution < -0.4 is 15.0 Å². The fourth-order valence-corrected chi connectivity index (χ4v) is 4.71. The second kappa shape index (κ2) is 15.0. The number of pyridine rings is 2. The van der Waals surface area contributed by atoms with Gasteiger partial charge in [0.1, 0.15) is 0 Å². The summed E-state index contributed by atoms with van der Waals surface area (Å²) < 4.78 is 0. The van der Waals surface area contributed by atoms with Gasteiger partial charge in [0.25, 0.3) is 0 Å². The van der Waals surface area contributed by atoms with E-state index in [1.807, 2.05) is 111 Å². The first kappa shape index (κ1) is 30.5. The van der Waals surface area contributed by atoms with Crippen molar-refractivity contribution in [1.29, 1.82) is 0 Å². The number of para-hydroxylation sites is 2. The Kier molecular flexibility index (Phi) is 11.4.